The third-order valence-electron chi connectivity index (χ3n) is 2.69. The van der Waals surface area contributed by atoms with Crippen LogP contribution in [0.2, 0.25) is 0 Å². The molecule has 0 saturated heterocycles. The molecule has 1 saturated carbocycles. The Morgan fingerprint density at radius 1 is 1.33 bits per heavy atom. The van der Waals surface area contributed by atoms with E-state index in [4.69, 9.17) is 10.5 Å². The summed E-state index contributed by atoms with van der Waals surface area (Å²) in [7, 11) is 0. The number of benzene rings is 1. The largest absolute Gasteiger partial charge is 0.372 e. The van der Waals surface area contributed by atoms with Crippen molar-refractivity contribution in [2.75, 3.05) is 13.2 Å². The molecule has 82 valence electrons. The van der Waals surface area contributed by atoms with Gasteiger partial charge in [-0.3, -0.25) is 0 Å². The molecular weight excluding hydrogens is 193 g/mol. The van der Waals surface area contributed by atoms with Crippen molar-refractivity contribution in [2.24, 2.45) is 11.7 Å². The van der Waals surface area contributed by atoms with Gasteiger partial charge < -0.3 is 10.5 Å². The van der Waals surface area contributed by atoms with Crippen LogP contribution in [0.4, 0.5) is 4.39 Å². The topological polar surface area (TPSA) is 35.2 Å². The smallest absolute Gasteiger partial charge is 0.123 e. The third-order valence-corrected chi connectivity index (χ3v) is 2.69. The normalized spacial score (nSPS) is 17.7. The van der Waals surface area contributed by atoms with E-state index < -0.39 is 0 Å². The molecule has 0 bridgehead atoms. The molecule has 1 aromatic rings. The predicted molar refractivity (Wildman–Crippen MR) is 56.9 cm³/mol. The summed E-state index contributed by atoms with van der Waals surface area (Å²) in [5, 5.41) is 0. The van der Waals surface area contributed by atoms with Gasteiger partial charge in [0, 0.05) is 6.54 Å². The molecule has 1 aliphatic rings. The maximum Gasteiger partial charge on any atom is 0.123 e. The third kappa shape index (κ3) is 3.01. The molecule has 2 rings (SSSR count). The second kappa shape index (κ2) is 4.73. The van der Waals surface area contributed by atoms with Crippen LogP contribution in [0.3, 0.4) is 0 Å². The summed E-state index contributed by atoms with van der Waals surface area (Å²) in [6.07, 6.45) is 2.44. The maximum absolute atomic E-state index is 12.7. The molecule has 1 atom stereocenters. The summed E-state index contributed by atoms with van der Waals surface area (Å²) in [6, 6.07) is 6.36. The summed E-state index contributed by atoms with van der Waals surface area (Å²) < 4.78 is 18.4. The number of nitrogens with two attached hydrogens (primary N) is 1. The zero-order chi connectivity index (χ0) is 10.7. The lowest BCUT2D eigenvalue weighted by atomic mass is 10.1. The van der Waals surface area contributed by atoms with E-state index in [0.717, 1.165) is 18.1 Å². The predicted octanol–water partition coefficient (Wildman–Crippen LogP) is 2.25. The van der Waals surface area contributed by atoms with E-state index in [9.17, 15) is 4.39 Å². The first kappa shape index (κ1) is 10.6. The van der Waals surface area contributed by atoms with Gasteiger partial charge in [0.2, 0.25) is 0 Å². The highest BCUT2D eigenvalue weighted by molar-refractivity contribution is 5.19. The molecule has 3 heteroatoms. The van der Waals surface area contributed by atoms with Crippen molar-refractivity contribution in [3.05, 3.63) is 35.6 Å². The van der Waals surface area contributed by atoms with Crippen LogP contribution in [-0.2, 0) is 4.74 Å². The van der Waals surface area contributed by atoms with Gasteiger partial charge in [0.25, 0.3) is 0 Å². The summed E-state index contributed by atoms with van der Waals surface area (Å²) in [5.41, 5.74) is 6.59. The van der Waals surface area contributed by atoms with Gasteiger partial charge in [0.05, 0.1) is 12.7 Å². The van der Waals surface area contributed by atoms with E-state index in [1.54, 1.807) is 12.1 Å². The van der Waals surface area contributed by atoms with E-state index in [1.165, 1.54) is 25.0 Å². The van der Waals surface area contributed by atoms with Crippen molar-refractivity contribution in [1.82, 2.24) is 0 Å². The zero-order valence-corrected chi connectivity index (χ0v) is 8.66. The van der Waals surface area contributed by atoms with Crippen LogP contribution < -0.4 is 5.73 Å². The van der Waals surface area contributed by atoms with Crippen LogP contribution in [0.1, 0.15) is 24.5 Å². The lowest BCUT2D eigenvalue weighted by Gasteiger charge is -2.16. The zero-order valence-electron chi connectivity index (χ0n) is 8.66. The molecule has 0 aliphatic heterocycles. The highest BCUT2D eigenvalue weighted by Crippen LogP contribution is 2.30. The van der Waals surface area contributed by atoms with E-state index in [-0.39, 0.29) is 11.9 Å². The van der Waals surface area contributed by atoms with Crippen LogP contribution in [0.5, 0.6) is 0 Å². The Morgan fingerprint density at radius 3 is 2.53 bits per heavy atom. The summed E-state index contributed by atoms with van der Waals surface area (Å²) >= 11 is 0. The van der Waals surface area contributed by atoms with Crippen molar-refractivity contribution in [3.8, 4) is 0 Å². The minimum absolute atomic E-state index is 0.0915. The van der Waals surface area contributed by atoms with E-state index in [1.807, 2.05) is 0 Å². The fraction of sp³-hybridized carbons (Fsp3) is 0.500. The average molecular weight is 209 g/mol. The quantitative estimate of drug-likeness (QED) is 0.807. The van der Waals surface area contributed by atoms with E-state index in [0.29, 0.717) is 6.54 Å². The first-order valence-corrected chi connectivity index (χ1v) is 5.36. The number of hydrogen-bond donors (Lipinski definition) is 1. The SMILES string of the molecule is NCC(OCC1CC1)c1ccc(F)cc1. The van der Waals surface area contributed by atoms with E-state index >= 15 is 0 Å². The molecule has 2 nitrogen and oxygen atoms in total. The lowest BCUT2D eigenvalue weighted by Crippen LogP contribution is -2.17. The molecule has 0 amide bonds. The average Bonchev–Trinajstić information content (AvgIpc) is 3.05. The summed E-state index contributed by atoms with van der Waals surface area (Å²) in [6.45, 7) is 1.22. The second-order valence-electron chi connectivity index (χ2n) is 4.05. The molecule has 1 fully saturated rings. The first-order valence-electron chi connectivity index (χ1n) is 5.36. The van der Waals surface area contributed by atoms with Crippen LogP contribution >= 0.6 is 0 Å². The molecule has 2 N–H and O–H groups in total. The molecule has 0 aromatic heterocycles. The van der Waals surface area contributed by atoms with Crippen LogP contribution in [0.25, 0.3) is 0 Å². The molecular formula is C12H16FNO. The standard InChI is InChI=1S/C12H16FNO/c13-11-5-3-10(4-6-11)12(7-14)15-8-9-1-2-9/h3-6,9,12H,1-2,7-8,14H2. The highest BCUT2D eigenvalue weighted by Gasteiger charge is 2.23. The maximum atomic E-state index is 12.7. The van der Waals surface area contributed by atoms with Crippen molar-refractivity contribution in [3.63, 3.8) is 0 Å². The lowest BCUT2D eigenvalue weighted by molar-refractivity contribution is 0.0510. The molecule has 1 aromatic carbocycles. The fourth-order valence-corrected chi connectivity index (χ4v) is 1.51. The van der Waals surface area contributed by atoms with Gasteiger partial charge in [-0.2, -0.15) is 0 Å². The van der Waals surface area contributed by atoms with Crippen LogP contribution in [-0.4, -0.2) is 13.2 Å². The van der Waals surface area contributed by atoms with Gasteiger partial charge in [0.1, 0.15) is 5.82 Å². The van der Waals surface area contributed by atoms with Crippen LogP contribution in [0, 0.1) is 11.7 Å². The Kier molecular flexibility index (Phi) is 3.34. The summed E-state index contributed by atoms with van der Waals surface area (Å²) in [4.78, 5) is 0. The minimum atomic E-state index is -0.225. The number of ether oxygens (including phenoxy) is 1. The molecule has 1 unspecified atom stereocenters. The molecule has 0 spiro atoms. The van der Waals surface area contributed by atoms with Crippen molar-refractivity contribution in [2.45, 2.75) is 18.9 Å². The minimum Gasteiger partial charge on any atom is -0.372 e. The Hall–Kier alpha value is -0.930. The summed E-state index contributed by atoms with van der Waals surface area (Å²) in [5.74, 6) is 0.496. The van der Waals surface area contributed by atoms with Gasteiger partial charge in [-0.1, -0.05) is 12.1 Å². The van der Waals surface area contributed by atoms with Crippen molar-refractivity contribution < 1.29 is 9.13 Å². The second-order valence-corrected chi connectivity index (χ2v) is 4.05. The van der Waals surface area contributed by atoms with Gasteiger partial charge in [0.15, 0.2) is 0 Å². The number of halogens is 1. The number of hydrogen-bond acceptors (Lipinski definition) is 2. The molecule has 15 heavy (non-hydrogen) atoms. The van der Waals surface area contributed by atoms with Crippen LogP contribution in [0.15, 0.2) is 24.3 Å². The Balaban J connectivity index is 1.94. The Bertz CT molecular complexity index is 308. The highest BCUT2D eigenvalue weighted by atomic mass is 19.1. The monoisotopic (exact) mass is 209 g/mol. The van der Waals surface area contributed by atoms with Gasteiger partial charge in [-0.25, -0.2) is 4.39 Å². The van der Waals surface area contributed by atoms with E-state index in [2.05, 4.69) is 0 Å². The molecule has 0 heterocycles. The molecule has 0 radical (unpaired) electrons. The van der Waals surface area contributed by atoms with Gasteiger partial charge in [-0.15, -0.1) is 0 Å². The Labute approximate surface area is 89.2 Å². The van der Waals surface area contributed by atoms with Gasteiger partial charge in [-0.05, 0) is 36.5 Å². The first-order chi connectivity index (χ1) is 7.29. The fourth-order valence-electron chi connectivity index (χ4n) is 1.51. The van der Waals surface area contributed by atoms with Crippen molar-refractivity contribution >= 4 is 0 Å². The molecule has 1 aliphatic carbocycles. The van der Waals surface area contributed by atoms with Crippen molar-refractivity contribution in [1.29, 1.82) is 0 Å². The number of rotatable bonds is 5. The Morgan fingerprint density at radius 2 is 2.00 bits per heavy atom. The van der Waals surface area contributed by atoms with Gasteiger partial charge >= 0.3 is 0 Å².